The largest absolute Gasteiger partial charge is 0.410 e. The van der Waals surface area contributed by atoms with E-state index in [4.69, 9.17) is 0 Å². The van der Waals surface area contributed by atoms with Gasteiger partial charge >= 0.3 is 6.18 Å². The van der Waals surface area contributed by atoms with Gasteiger partial charge in [0, 0.05) is 18.1 Å². The molecule has 0 saturated heterocycles. The van der Waals surface area contributed by atoms with E-state index in [-0.39, 0.29) is 17.0 Å². The molecule has 33 heavy (non-hydrogen) atoms. The first kappa shape index (κ1) is 20.7. The van der Waals surface area contributed by atoms with Crippen molar-refractivity contribution in [2.24, 2.45) is 0 Å². The molecule has 1 aromatic carbocycles. The van der Waals surface area contributed by atoms with Gasteiger partial charge in [0.2, 0.25) is 0 Å². The number of carbonyl (C=O) groups excluding carboxylic acids is 2. The summed E-state index contributed by atoms with van der Waals surface area (Å²) < 4.78 is 43.2. The maximum atomic E-state index is 13.6. The zero-order valence-electron chi connectivity index (χ0n) is 17.0. The number of aromatic nitrogens is 4. The molecule has 8 nitrogen and oxygen atoms in total. The zero-order chi connectivity index (χ0) is 23.2. The van der Waals surface area contributed by atoms with Gasteiger partial charge in [-0.2, -0.15) is 18.3 Å². The molecular formula is C22H17F3N6O2. The highest BCUT2D eigenvalue weighted by Crippen LogP contribution is 2.36. The van der Waals surface area contributed by atoms with Crippen LogP contribution in [0.15, 0.2) is 60.9 Å². The maximum Gasteiger partial charge on any atom is 0.410 e. The number of alkyl halides is 3. The van der Waals surface area contributed by atoms with Crippen LogP contribution >= 0.6 is 0 Å². The van der Waals surface area contributed by atoms with E-state index >= 15 is 0 Å². The van der Waals surface area contributed by atoms with Gasteiger partial charge in [-0.05, 0) is 23.8 Å². The summed E-state index contributed by atoms with van der Waals surface area (Å²) in [6.07, 6.45) is -1.48. The Morgan fingerprint density at radius 3 is 2.73 bits per heavy atom. The number of halogens is 3. The normalized spacial score (nSPS) is 15.8. The highest BCUT2D eigenvalue weighted by Gasteiger charge is 2.45. The first-order valence-corrected chi connectivity index (χ1v) is 10.0. The molecule has 4 aromatic rings. The van der Waals surface area contributed by atoms with Crippen molar-refractivity contribution in [3.63, 3.8) is 0 Å². The number of hydrogen-bond donors (Lipinski definition) is 2. The molecule has 0 unspecified atom stereocenters. The van der Waals surface area contributed by atoms with E-state index in [1.165, 1.54) is 24.4 Å². The van der Waals surface area contributed by atoms with E-state index < -0.39 is 30.6 Å². The van der Waals surface area contributed by atoms with E-state index in [0.29, 0.717) is 17.6 Å². The number of rotatable bonds is 4. The van der Waals surface area contributed by atoms with Crippen molar-refractivity contribution in [3.05, 3.63) is 77.9 Å². The lowest BCUT2D eigenvalue weighted by Crippen LogP contribution is -2.44. The maximum absolute atomic E-state index is 13.6. The van der Waals surface area contributed by atoms with Crippen LogP contribution in [0, 0.1) is 0 Å². The Labute approximate surface area is 185 Å². The second-order valence-corrected chi connectivity index (χ2v) is 7.64. The molecule has 11 heteroatoms. The third-order valence-electron chi connectivity index (χ3n) is 5.37. The smallest absolute Gasteiger partial charge is 0.348 e. The first-order chi connectivity index (χ1) is 15.8. The first-order valence-electron chi connectivity index (χ1n) is 10.0. The van der Waals surface area contributed by atoms with Crippen molar-refractivity contribution in [1.82, 2.24) is 24.6 Å². The van der Waals surface area contributed by atoms with Crippen molar-refractivity contribution in [2.45, 2.75) is 18.8 Å². The lowest BCUT2D eigenvalue weighted by atomic mass is 10.2. The van der Waals surface area contributed by atoms with Gasteiger partial charge in [-0.1, -0.05) is 30.3 Å². The van der Waals surface area contributed by atoms with Crippen LogP contribution < -0.4 is 10.6 Å². The second kappa shape index (κ2) is 7.76. The van der Waals surface area contributed by atoms with Gasteiger partial charge in [0.1, 0.15) is 23.1 Å². The lowest BCUT2D eigenvalue weighted by molar-refractivity contribution is -0.166. The van der Waals surface area contributed by atoms with Crippen LogP contribution in [-0.2, 0) is 6.54 Å². The summed E-state index contributed by atoms with van der Waals surface area (Å²) in [5.41, 5.74) is 1.15. The molecule has 168 valence electrons. The second-order valence-electron chi connectivity index (χ2n) is 7.64. The quantitative estimate of drug-likeness (QED) is 0.495. The Morgan fingerprint density at radius 1 is 1.18 bits per heavy atom. The summed E-state index contributed by atoms with van der Waals surface area (Å²) in [4.78, 5) is 29.0. The van der Waals surface area contributed by atoms with E-state index in [0.717, 1.165) is 10.1 Å². The fourth-order valence-corrected chi connectivity index (χ4v) is 3.83. The number of amides is 2. The minimum Gasteiger partial charge on any atom is -0.348 e. The Morgan fingerprint density at radius 2 is 1.97 bits per heavy atom. The Kier molecular flexibility index (Phi) is 4.88. The van der Waals surface area contributed by atoms with Crippen LogP contribution in [-0.4, -0.2) is 43.9 Å². The number of anilines is 1. The van der Waals surface area contributed by atoms with Gasteiger partial charge in [-0.15, -0.1) is 0 Å². The number of fused-ring (bicyclic) bond motifs is 3. The van der Waals surface area contributed by atoms with E-state index in [9.17, 15) is 22.8 Å². The van der Waals surface area contributed by atoms with Crippen LogP contribution in [0.5, 0.6) is 0 Å². The molecule has 0 aliphatic carbocycles. The third kappa shape index (κ3) is 3.93. The van der Waals surface area contributed by atoms with Crippen molar-refractivity contribution in [1.29, 1.82) is 0 Å². The van der Waals surface area contributed by atoms with Crippen LogP contribution in [0.2, 0.25) is 0 Å². The van der Waals surface area contributed by atoms with E-state index in [1.807, 2.05) is 30.3 Å². The molecule has 1 aliphatic rings. The average Bonchev–Trinajstić information content (AvgIpc) is 3.38. The lowest BCUT2D eigenvalue weighted by Gasteiger charge is -2.28. The van der Waals surface area contributed by atoms with Crippen LogP contribution in [0.4, 0.5) is 18.9 Å². The average molecular weight is 454 g/mol. The highest BCUT2D eigenvalue weighted by atomic mass is 19.4. The standard InChI is InChI=1S/C22H17F3N6O2/c23-22(24,25)18-10-26-21(33)17-8-14-6-7-16(29-19(14)31(17)18)20(32)28-15-9-27-30(12-15)11-13-4-2-1-3-5-13/h1-9,12,18H,10-11H2,(H,26,33)(H,28,32)/t18-/m1/s1. The summed E-state index contributed by atoms with van der Waals surface area (Å²) in [6.45, 7) is -0.0874. The zero-order valence-corrected chi connectivity index (χ0v) is 17.0. The van der Waals surface area contributed by atoms with E-state index in [2.05, 4.69) is 20.7 Å². The predicted octanol–water partition coefficient (Wildman–Crippen LogP) is 3.38. The van der Waals surface area contributed by atoms with Gasteiger partial charge < -0.3 is 15.2 Å². The minimum atomic E-state index is -4.60. The summed E-state index contributed by atoms with van der Waals surface area (Å²) in [5, 5.41) is 9.45. The fourth-order valence-electron chi connectivity index (χ4n) is 3.83. The van der Waals surface area contributed by atoms with Crippen molar-refractivity contribution >= 4 is 28.5 Å². The van der Waals surface area contributed by atoms with Crippen LogP contribution in [0.3, 0.4) is 0 Å². The number of pyridine rings is 1. The number of benzene rings is 1. The molecule has 1 atom stereocenters. The molecule has 1 aliphatic heterocycles. The van der Waals surface area contributed by atoms with Crippen LogP contribution in [0.25, 0.3) is 11.0 Å². The molecule has 3 aromatic heterocycles. The summed E-state index contributed by atoms with van der Waals surface area (Å²) in [5.74, 6) is -1.22. The summed E-state index contributed by atoms with van der Waals surface area (Å²) in [6, 6.07) is 11.9. The van der Waals surface area contributed by atoms with Crippen molar-refractivity contribution < 1.29 is 22.8 Å². The number of nitrogens with zero attached hydrogens (tertiary/aromatic N) is 4. The summed E-state index contributed by atoms with van der Waals surface area (Å²) >= 11 is 0. The Bertz CT molecular complexity index is 1360. The predicted molar refractivity (Wildman–Crippen MR) is 113 cm³/mol. The van der Waals surface area contributed by atoms with Crippen molar-refractivity contribution in [2.75, 3.05) is 11.9 Å². The summed E-state index contributed by atoms with van der Waals surface area (Å²) in [7, 11) is 0. The molecule has 0 bridgehead atoms. The molecule has 0 fully saturated rings. The van der Waals surface area contributed by atoms with Gasteiger partial charge in [-0.25, -0.2) is 4.98 Å². The Balaban J connectivity index is 1.41. The van der Waals surface area contributed by atoms with Gasteiger partial charge in [0.25, 0.3) is 11.8 Å². The molecule has 2 amide bonds. The number of nitrogens with one attached hydrogen (secondary N) is 2. The molecule has 5 rings (SSSR count). The SMILES string of the molecule is O=C(Nc1cnn(Cc2ccccc2)c1)c1ccc2cc3n(c2n1)[C@@H](C(F)(F)F)CNC3=O. The topological polar surface area (TPSA) is 93.8 Å². The van der Waals surface area contributed by atoms with Gasteiger partial charge in [0.15, 0.2) is 0 Å². The monoisotopic (exact) mass is 454 g/mol. The van der Waals surface area contributed by atoms with Crippen molar-refractivity contribution in [3.8, 4) is 0 Å². The highest BCUT2D eigenvalue weighted by molar-refractivity contribution is 6.04. The molecule has 2 N–H and O–H groups in total. The van der Waals surface area contributed by atoms with Gasteiger partial charge in [0.05, 0.1) is 18.4 Å². The van der Waals surface area contributed by atoms with Gasteiger partial charge in [-0.3, -0.25) is 14.3 Å². The number of hydrogen-bond acceptors (Lipinski definition) is 4. The van der Waals surface area contributed by atoms with Crippen LogP contribution in [0.1, 0.15) is 32.6 Å². The van der Waals surface area contributed by atoms with E-state index in [1.54, 1.807) is 10.9 Å². The molecule has 0 saturated carbocycles. The molecule has 0 radical (unpaired) electrons. The third-order valence-corrected chi connectivity index (χ3v) is 5.37. The molecule has 0 spiro atoms. The fraction of sp³-hybridized carbons (Fsp3) is 0.182. The molecular weight excluding hydrogens is 437 g/mol. The molecule has 4 heterocycles. The minimum absolute atomic E-state index is 0.0744. The Hall–Kier alpha value is -4.15. The number of carbonyl (C=O) groups is 2.